The van der Waals surface area contributed by atoms with Crippen LogP contribution in [0.1, 0.15) is 60.9 Å². The number of nitrogens with one attached hydrogen (secondary N) is 1. The molecule has 0 spiro atoms. The van der Waals surface area contributed by atoms with Gasteiger partial charge < -0.3 is 10.1 Å². The lowest BCUT2D eigenvalue weighted by molar-refractivity contribution is 0.0937. The maximum Gasteiger partial charge on any atom is 0.251 e. The van der Waals surface area contributed by atoms with Gasteiger partial charge in [-0.2, -0.15) is 0 Å². The Hall–Kier alpha value is -2.66. The Labute approximate surface area is 185 Å². The summed E-state index contributed by atoms with van der Waals surface area (Å²) in [5.41, 5.74) is 3.46. The van der Waals surface area contributed by atoms with Crippen molar-refractivity contribution >= 4 is 5.91 Å². The number of amides is 1. The van der Waals surface area contributed by atoms with Crippen LogP contribution >= 0.6 is 0 Å². The van der Waals surface area contributed by atoms with Crippen molar-refractivity contribution in [2.24, 2.45) is 0 Å². The average molecular weight is 420 g/mol. The maximum absolute atomic E-state index is 12.6. The number of nitrogens with zero attached hydrogens (tertiary/aromatic N) is 2. The first-order valence-electron chi connectivity index (χ1n) is 11.6. The summed E-state index contributed by atoms with van der Waals surface area (Å²) in [5.74, 6) is 0.768. The second-order valence-corrected chi connectivity index (χ2v) is 8.59. The fraction of sp³-hybridized carbons (Fsp3) is 0.462. The number of carbonyl (C=O) groups excluding carboxylic acids is 1. The van der Waals surface area contributed by atoms with Gasteiger partial charge in [0.1, 0.15) is 11.9 Å². The minimum atomic E-state index is -0.0194. The Morgan fingerprint density at radius 2 is 1.97 bits per heavy atom. The molecule has 2 aromatic rings. The van der Waals surface area contributed by atoms with Gasteiger partial charge in [-0.3, -0.25) is 14.7 Å². The Balaban J connectivity index is 1.22. The van der Waals surface area contributed by atoms with E-state index >= 15 is 0 Å². The lowest BCUT2D eigenvalue weighted by Crippen LogP contribution is -2.37. The molecular formula is C26H33N3O2. The summed E-state index contributed by atoms with van der Waals surface area (Å²) >= 11 is 0. The lowest BCUT2D eigenvalue weighted by atomic mass is 9.97. The zero-order valence-corrected chi connectivity index (χ0v) is 18.3. The van der Waals surface area contributed by atoms with Crippen LogP contribution in [0.25, 0.3) is 0 Å². The van der Waals surface area contributed by atoms with Gasteiger partial charge in [0.05, 0.1) is 0 Å². The Bertz CT molecular complexity index is 873. The Morgan fingerprint density at radius 1 is 1.13 bits per heavy atom. The summed E-state index contributed by atoms with van der Waals surface area (Å²) in [6.45, 7) is 3.69. The molecule has 1 aromatic carbocycles. The number of likely N-dealkylation sites (tertiary alicyclic amines) is 1. The fourth-order valence-electron chi connectivity index (χ4n) is 4.41. The first kappa shape index (κ1) is 21.6. The molecule has 0 saturated carbocycles. The average Bonchev–Trinajstić information content (AvgIpc) is 2.82. The number of aromatic nitrogens is 1. The molecule has 1 amide bonds. The molecule has 0 unspecified atom stereocenters. The van der Waals surface area contributed by atoms with Crippen molar-refractivity contribution in [2.75, 3.05) is 19.6 Å². The van der Waals surface area contributed by atoms with Crippen LogP contribution < -0.4 is 10.1 Å². The van der Waals surface area contributed by atoms with Crippen LogP contribution in [0.4, 0.5) is 0 Å². The summed E-state index contributed by atoms with van der Waals surface area (Å²) < 4.78 is 6.22. The van der Waals surface area contributed by atoms with Crippen LogP contribution in [0, 0.1) is 0 Å². The van der Waals surface area contributed by atoms with E-state index in [2.05, 4.69) is 33.4 Å². The van der Waals surface area contributed by atoms with Gasteiger partial charge in [0.25, 0.3) is 5.91 Å². The monoisotopic (exact) mass is 419 g/mol. The predicted molar refractivity (Wildman–Crippen MR) is 123 cm³/mol. The minimum Gasteiger partial charge on any atom is -0.490 e. The van der Waals surface area contributed by atoms with Crippen molar-refractivity contribution in [1.29, 1.82) is 0 Å². The SMILES string of the molecule is O=C(NCCC1=CCCCC1)c1cccc(OC2CCN(Cc3ccncc3)CC2)c1. The number of hydrogen-bond acceptors (Lipinski definition) is 4. The summed E-state index contributed by atoms with van der Waals surface area (Å²) in [5, 5.41) is 3.06. The molecule has 1 aliphatic carbocycles. The number of allylic oxidation sites excluding steroid dienone is 1. The van der Waals surface area contributed by atoms with Crippen LogP contribution in [0.15, 0.2) is 60.4 Å². The van der Waals surface area contributed by atoms with Crippen LogP contribution in [-0.4, -0.2) is 41.5 Å². The molecule has 0 atom stereocenters. The van der Waals surface area contributed by atoms with Gasteiger partial charge in [-0.05, 0) is 80.8 Å². The summed E-state index contributed by atoms with van der Waals surface area (Å²) in [7, 11) is 0. The van der Waals surface area contributed by atoms with E-state index in [0.29, 0.717) is 12.1 Å². The van der Waals surface area contributed by atoms with E-state index in [0.717, 1.165) is 44.6 Å². The largest absolute Gasteiger partial charge is 0.490 e. The van der Waals surface area contributed by atoms with Gasteiger partial charge in [0, 0.05) is 44.1 Å². The highest BCUT2D eigenvalue weighted by atomic mass is 16.5. The van der Waals surface area contributed by atoms with Crippen molar-refractivity contribution in [3.63, 3.8) is 0 Å². The first-order valence-corrected chi connectivity index (χ1v) is 11.6. The highest BCUT2D eigenvalue weighted by Crippen LogP contribution is 2.22. The second kappa shape index (κ2) is 11.1. The van der Waals surface area contributed by atoms with Crippen molar-refractivity contribution in [3.05, 3.63) is 71.6 Å². The van der Waals surface area contributed by atoms with E-state index in [9.17, 15) is 4.79 Å². The normalized spacial score (nSPS) is 17.7. The number of pyridine rings is 1. The summed E-state index contributed by atoms with van der Waals surface area (Å²) in [6.07, 6.45) is 14.1. The standard InChI is InChI=1S/C26H33N3O2/c30-26(28-16-11-21-5-2-1-3-6-21)23-7-4-8-25(19-23)31-24-12-17-29(18-13-24)20-22-9-14-27-15-10-22/h4-5,7-10,14-15,19,24H,1-3,6,11-13,16-18,20H2,(H,28,30). The molecule has 4 rings (SSSR count). The van der Waals surface area contributed by atoms with Crippen molar-refractivity contribution in [1.82, 2.24) is 15.2 Å². The third-order valence-electron chi connectivity index (χ3n) is 6.21. The molecule has 2 aliphatic rings. The molecule has 1 N–H and O–H groups in total. The number of carbonyl (C=O) groups is 1. The van der Waals surface area contributed by atoms with Crippen LogP contribution in [-0.2, 0) is 6.54 Å². The van der Waals surface area contributed by atoms with Crippen LogP contribution in [0.2, 0.25) is 0 Å². The van der Waals surface area contributed by atoms with Gasteiger partial charge >= 0.3 is 0 Å². The Kier molecular flexibility index (Phi) is 7.72. The first-order chi connectivity index (χ1) is 15.3. The third-order valence-corrected chi connectivity index (χ3v) is 6.21. The number of piperidine rings is 1. The van der Waals surface area contributed by atoms with Gasteiger partial charge in [0.15, 0.2) is 0 Å². The quantitative estimate of drug-likeness (QED) is 0.628. The predicted octanol–water partition coefficient (Wildman–Crippen LogP) is 4.75. The fourth-order valence-corrected chi connectivity index (χ4v) is 4.41. The second-order valence-electron chi connectivity index (χ2n) is 8.59. The molecule has 31 heavy (non-hydrogen) atoms. The van der Waals surface area contributed by atoms with Gasteiger partial charge in [-0.1, -0.05) is 17.7 Å². The zero-order valence-electron chi connectivity index (χ0n) is 18.3. The number of benzene rings is 1. The summed E-state index contributed by atoms with van der Waals surface area (Å²) in [6, 6.07) is 11.7. The van der Waals surface area contributed by atoms with E-state index in [-0.39, 0.29) is 12.0 Å². The smallest absolute Gasteiger partial charge is 0.251 e. The third kappa shape index (κ3) is 6.66. The van der Waals surface area contributed by atoms with Crippen LogP contribution in [0.5, 0.6) is 5.75 Å². The minimum absolute atomic E-state index is 0.0194. The van der Waals surface area contributed by atoms with E-state index < -0.39 is 0 Å². The molecule has 1 aromatic heterocycles. The Morgan fingerprint density at radius 3 is 2.74 bits per heavy atom. The molecule has 1 saturated heterocycles. The van der Waals surface area contributed by atoms with Crippen molar-refractivity contribution in [3.8, 4) is 5.75 Å². The maximum atomic E-state index is 12.6. The topological polar surface area (TPSA) is 54.5 Å². The molecule has 2 heterocycles. The van der Waals surface area contributed by atoms with Gasteiger partial charge in [0.2, 0.25) is 0 Å². The molecular weight excluding hydrogens is 386 g/mol. The van der Waals surface area contributed by atoms with Crippen molar-refractivity contribution in [2.45, 2.75) is 57.6 Å². The molecule has 1 fully saturated rings. The van der Waals surface area contributed by atoms with E-state index in [1.54, 1.807) is 0 Å². The number of ether oxygens (including phenoxy) is 1. The van der Waals surface area contributed by atoms with Crippen LogP contribution in [0.3, 0.4) is 0 Å². The number of hydrogen-bond donors (Lipinski definition) is 1. The molecule has 0 radical (unpaired) electrons. The van der Waals surface area contributed by atoms with E-state index in [1.165, 1.54) is 36.8 Å². The lowest BCUT2D eigenvalue weighted by Gasteiger charge is -2.32. The molecule has 164 valence electrons. The highest BCUT2D eigenvalue weighted by molar-refractivity contribution is 5.94. The highest BCUT2D eigenvalue weighted by Gasteiger charge is 2.21. The molecule has 1 aliphatic heterocycles. The van der Waals surface area contributed by atoms with Gasteiger partial charge in [-0.25, -0.2) is 0 Å². The van der Waals surface area contributed by atoms with E-state index in [4.69, 9.17) is 4.74 Å². The van der Waals surface area contributed by atoms with Gasteiger partial charge in [-0.15, -0.1) is 0 Å². The van der Waals surface area contributed by atoms with Crippen molar-refractivity contribution < 1.29 is 9.53 Å². The molecule has 0 bridgehead atoms. The molecule has 5 nitrogen and oxygen atoms in total. The zero-order chi connectivity index (χ0) is 21.3. The van der Waals surface area contributed by atoms with E-state index in [1.807, 2.05) is 36.7 Å². The number of rotatable bonds is 8. The molecule has 5 heteroatoms. The summed E-state index contributed by atoms with van der Waals surface area (Å²) in [4.78, 5) is 19.1.